The number of allylic oxidation sites excluding steroid dienone is 1. The van der Waals surface area contributed by atoms with Crippen LogP contribution in [0.2, 0.25) is 0 Å². The first kappa shape index (κ1) is 24.4. The van der Waals surface area contributed by atoms with Crippen LogP contribution in [0.1, 0.15) is 69.3 Å². The quantitative estimate of drug-likeness (QED) is 0.132. The molecule has 0 aliphatic carbocycles. The summed E-state index contributed by atoms with van der Waals surface area (Å²) in [5, 5.41) is 23.8. The second kappa shape index (κ2) is 8.67. The largest absolute Gasteiger partial charge is 0.507 e. The molecule has 0 aromatic heterocycles. The Morgan fingerprint density at radius 1 is 1.22 bits per heavy atom. The number of carbonyl (C=O) groups excluding carboxylic acids is 2. The van der Waals surface area contributed by atoms with Gasteiger partial charge in [-0.2, -0.15) is 4.99 Å². The van der Waals surface area contributed by atoms with E-state index in [1.807, 2.05) is 6.92 Å². The van der Waals surface area contributed by atoms with Gasteiger partial charge in [-0.3, -0.25) is 4.79 Å². The van der Waals surface area contributed by atoms with Gasteiger partial charge in [-0.25, -0.2) is 4.79 Å². The van der Waals surface area contributed by atoms with Crippen LogP contribution in [0.15, 0.2) is 59.6 Å². The molecule has 5 rings (SSSR count). The van der Waals surface area contributed by atoms with Gasteiger partial charge in [-0.15, -0.1) is 0 Å². The normalized spacial score (nSPS) is 17.5. The number of ether oxygens (including phenoxy) is 2. The molecule has 4 N–H and O–H groups in total. The summed E-state index contributed by atoms with van der Waals surface area (Å²) >= 11 is 4.78. The van der Waals surface area contributed by atoms with Crippen molar-refractivity contribution in [1.29, 1.82) is 0 Å². The van der Waals surface area contributed by atoms with Gasteiger partial charge in [0.25, 0.3) is 0 Å². The van der Waals surface area contributed by atoms with Crippen LogP contribution < -0.4 is 10.5 Å². The molecule has 0 amide bonds. The fourth-order valence-electron chi connectivity index (χ4n) is 5.08. The first-order chi connectivity index (χ1) is 17.7. The van der Waals surface area contributed by atoms with E-state index in [1.54, 1.807) is 30.3 Å². The summed E-state index contributed by atoms with van der Waals surface area (Å²) in [6.45, 7) is 7.12. The summed E-state index contributed by atoms with van der Waals surface area (Å²) < 4.78 is 12.4. The highest BCUT2D eigenvalue weighted by atomic mass is 32.1. The minimum absolute atomic E-state index is 0.0270. The second-order valence-electron chi connectivity index (χ2n) is 8.91. The van der Waals surface area contributed by atoms with E-state index in [2.05, 4.69) is 16.7 Å². The van der Waals surface area contributed by atoms with E-state index < -0.39 is 23.4 Å². The molecule has 8 nitrogen and oxygen atoms in total. The lowest BCUT2D eigenvalue weighted by Gasteiger charge is -2.39. The molecule has 2 unspecified atom stereocenters. The van der Waals surface area contributed by atoms with E-state index in [0.717, 1.165) is 0 Å². The molecule has 2 heterocycles. The minimum atomic E-state index is -1.63. The van der Waals surface area contributed by atoms with Crippen molar-refractivity contribution in [3.63, 3.8) is 0 Å². The third kappa shape index (κ3) is 3.33. The zero-order valence-corrected chi connectivity index (χ0v) is 20.8. The summed E-state index contributed by atoms with van der Waals surface area (Å²) in [5.41, 5.74) is 6.79. The van der Waals surface area contributed by atoms with Crippen LogP contribution in [0, 0.1) is 0 Å². The Kier molecular flexibility index (Phi) is 5.72. The number of phenols is 2. The van der Waals surface area contributed by atoms with Gasteiger partial charge in [0.05, 0.1) is 27.4 Å². The number of rotatable bonds is 5. The van der Waals surface area contributed by atoms with Crippen molar-refractivity contribution in [3.05, 3.63) is 88.0 Å². The van der Waals surface area contributed by atoms with Crippen molar-refractivity contribution >= 4 is 34.8 Å². The van der Waals surface area contributed by atoms with E-state index in [-0.39, 0.29) is 45.4 Å². The molecule has 186 valence electrons. The number of phenolic OH excluding ortho intramolecular Hbond substituents is 2. The summed E-state index contributed by atoms with van der Waals surface area (Å²) in [4.78, 5) is 30.5. The number of benzene rings is 3. The number of aromatic hydroxyl groups is 2. The van der Waals surface area contributed by atoms with Gasteiger partial charge >= 0.3 is 5.97 Å². The number of ketones is 1. The molecule has 0 radical (unpaired) electrons. The molecule has 0 bridgehead atoms. The minimum Gasteiger partial charge on any atom is -0.507 e. The second-order valence-corrected chi connectivity index (χ2v) is 9.10. The van der Waals surface area contributed by atoms with Crippen LogP contribution in [0.4, 0.5) is 5.69 Å². The van der Waals surface area contributed by atoms with Crippen LogP contribution in [-0.2, 0) is 10.3 Å². The maximum Gasteiger partial charge on any atom is 0.340 e. The third-order valence-electron chi connectivity index (χ3n) is 6.72. The van der Waals surface area contributed by atoms with Crippen LogP contribution >= 0.6 is 12.2 Å². The van der Waals surface area contributed by atoms with Crippen molar-refractivity contribution < 1.29 is 29.3 Å². The molecule has 0 saturated heterocycles. The molecular weight excluding hydrogens is 492 g/mol. The van der Waals surface area contributed by atoms with Crippen LogP contribution in [0.3, 0.4) is 0 Å². The number of Topliss-reactive ketones (excluding diaryl/α,β-unsaturated/α-hetero) is 1. The lowest BCUT2D eigenvalue weighted by molar-refractivity contribution is 0.0220. The average molecular weight is 515 g/mol. The van der Waals surface area contributed by atoms with Crippen LogP contribution in [-0.4, -0.2) is 27.1 Å². The van der Waals surface area contributed by atoms with Crippen molar-refractivity contribution in [2.45, 2.75) is 31.9 Å². The van der Waals surface area contributed by atoms with Gasteiger partial charge < -0.3 is 25.4 Å². The van der Waals surface area contributed by atoms with Crippen molar-refractivity contribution in [2.75, 3.05) is 0 Å². The fraction of sp³-hybridized carbons (Fsp3) is 0.179. The molecule has 37 heavy (non-hydrogen) atoms. The maximum atomic E-state index is 13.3. The average Bonchev–Trinajstić information content (AvgIpc) is 3.17. The SMILES string of the molecule is C=C(C)C(=O)c1c(O)cc2c(c1C(N)CC)C1(OC(=O)c3ccccc31)c1ccc(O)c(N=C=S)c1O2. The van der Waals surface area contributed by atoms with Gasteiger partial charge in [0.15, 0.2) is 22.8 Å². The van der Waals surface area contributed by atoms with Gasteiger partial charge in [0.1, 0.15) is 17.2 Å². The Hall–Kier alpha value is -4.30. The number of carbonyl (C=O) groups is 2. The Morgan fingerprint density at radius 2 is 1.95 bits per heavy atom. The molecule has 2 atom stereocenters. The third-order valence-corrected chi connectivity index (χ3v) is 6.81. The maximum absolute atomic E-state index is 13.3. The number of isothiocyanates is 1. The highest BCUT2D eigenvalue weighted by Gasteiger charge is 2.56. The predicted octanol–water partition coefficient (Wildman–Crippen LogP) is 5.57. The lowest BCUT2D eigenvalue weighted by Crippen LogP contribution is -2.36. The van der Waals surface area contributed by atoms with E-state index in [0.29, 0.717) is 28.7 Å². The number of hydrogen-bond donors (Lipinski definition) is 3. The first-order valence-electron chi connectivity index (χ1n) is 11.5. The molecule has 3 aromatic carbocycles. The molecule has 2 aliphatic rings. The van der Waals surface area contributed by atoms with Crippen molar-refractivity contribution in [3.8, 4) is 23.0 Å². The summed E-state index contributed by atoms with van der Waals surface area (Å²) in [6.07, 6.45) is 0.390. The number of aliphatic imine (C=N–C) groups is 1. The highest BCUT2D eigenvalue weighted by Crippen LogP contribution is 2.61. The topological polar surface area (TPSA) is 131 Å². The van der Waals surface area contributed by atoms with Crippen molar-refractivity contribution in [1.82, 2.24) is 0 Å². The smallest absolute Gasteiger partial charge is 0.340 e. The summed E-state index contributed by atoms with van der Waals surface area (Å²) in [7, 11) is 0. The Bertz CT molecular complexity index is 1590. The molecule has 1 spiro atoms. The van der Waals surface area contributed by atoms with E-state index in [1.165, 1.54) is 19.1 Å². The Labute approximate surface area is 217 Å². The highest BCUT2D eigenvalue weighted by molar-refractivity contribution is 7.78. The van der Waals surface area contributed by atoms with E-state index >= 15 is 0 Å². The monoisotopic (exact) mass is 514 g/mol. The molecule has 9 heteroatoms. The van der Waals surface area contributed by atoms with Crippen LogP contribution in [0.25, 0.3) is 0 Å². The standard InChI is InChI=1S/C28H22N2O6S/c1-4-17(29)21-22(25(33)13(2)3)19(32)11-20-23(21)28(15-8-6-5-7-14(15)27(34)36-28)16-9-10-18(31)24(30-12-37)26(16)35-20/h5-11,17,31-32H,2,4,29H2,1,3H3. The lowest BCUT2D eigenvalue weighted by atomic mass is 9.72. The Morgan fingerprint density at radius 3 is 2.62 bits per heavy atom. The number of hydrogen-bond acceptors (Lipinski definition) is 9. The molecule has 0 fully saturated rings. The van der Waals surface area contributed by atoms with E-state index in [4.69, 9.17) is 27.4 Å². The Balaban J connectivity index is 2.02. The van der Waals surface area contributed by atoms with Gasteiger partial charge in [-0.05, 0) is 54.9 Å². The molecule has 3 aromatic rings. The van der Waals surface area contributed by atoms with Crippen molar-refractivity contribution in [2.24, 2.45) is 10.7 Å². The number of esters is 1. The van der Waals surface area contributed by atoms with Gasteiger partial charge in [-0.1, -0.05) is 31.7 Å². The molecular formula is C28H22N2O6S. The summed E-state index contributed by atoms with van der Waals surface area (Å²) in [6, 6.07) is 10.3. The number of thiocarbonyl (C=S) groups is 1. The van der Waals surface area contributed by atoms with Gasteiger partial charge in [0, 0.05) is 17.7 Å². The van der Waals surface area contributed by atoms with E-state index in [9.17, 15) is 19.8 Å². The molecule has 2 aliphatic heterocycles. The first-order valence-corrected chi connectivity index (χ1v) is 11.9. The van der Waals surface area contributed by atoms with Gasteiger partial charge in [0.2, 0.25) is 0 Å². The predicted molar refractivity (Wildman–Crippen MR) is 139 cm³/mol. The van der Waals surface area contributed by atoms with Crippen LogP contribution in [0.5, 0.6) is 23.0 Å². The fourth-order valence-corrected chi connectivity index (χ4v) is 5.17. The zero-order chi connectivity index (χ0) is 26.6. The number of nitrogens with two attached hydrogens (primary N) is 1. The summed E-state index contributed by atoms with van der Waals surface area (Å²) in [5.74, 6) is -1.58. The zero-order valence-electron chi connectivity index (χ0n) is 20.0. The number of nitrogens with zero attached hydrogens (tertiary/aromatic N) is 1. The number of fused-ring (bicyclic) bond motifs is 6. The molecule has 0 saturated carbocycles.